The van der Waals surface area contributed by atoms with Gasteiger partial charge in [0, 0.05) is 21.1 Å². The summed E-state index contributed by atoms with van der Waals surface area (Å²) < 4.78 is 14.6. The minimum atomic E-state index is -1.08. The van der Waals surface area contributed by atoms with Crippen molar-refractivity contribution in [2.24, 2.45) is 0 Å². The highest BCUT2D eigenvalue weighted by Gasteiger charge is 2.31. The van der Waals surface area contributed by atoms with E-state index in [1.54, 1.807) is 0 Å². The number of carbonyl (C=O) groups excluding carboxylic acids is 2. The molecule has 0 saturated heterocycles. The average molecular weight is 220 g/mol. The summed E-state index contributed by atoms with van der Waals surface area (Å²) in [6.45, 7) is 0.852. The Morgan fingerprint density at radius 1 is 1.40 bits per heavy atom. The first-order valence-electron chi connectivity index (χ1n) is 4.39. The van der Waals surface area contributed by atoms with Crippen LogP contribution in [0.15, 0.2) is 0 Å². The van der Waals surface area contributed by atoms with Crippen molar-refractivity contribution in [3.05, 3.63) is 0 Å². The van der Waals surface area contributed by atoms with Gasteiger partial charge in [-0.2, -0.15) is 0 Å². The fourth-order valence-corrected chi connectivity index (χ4v) is 1.17. The molecule has 0 bridgehead atoms. The quantitative estimate of drug-likeness (QED) is 0.444. The molecule has 6 heteroatoms. The number of esters is 1. The maximum Gasteiger partial charge on any atom is 0.303 e. The van der Waals surface area contributed by atoms with Crippen LogP contribution in [-0.2, 0) is 23.8 Å². The van der Waals surface area contributed by atoms with Crippen molar-refractivity contribution < 1.29 is 28.9 Å². The van der Waals surface area contributed by atoms with Crippen molar-refractivity contribution in [1.82, 2.24) is 0 Å². The van der Waals surface area contributed by atoms with Gasteiger partial charge in [0.2, 0.25) is 0 Å². The number of aliphatic hydroxyl groups is 1. The van der Waals surface area contributed by atoms with E-state index in [1.165, 1.54) is 21.1 Å². The zero-order valence-electron chi connectivity index (χ0n) is 9.00. The number of aldehydes is 1. The normalized spacial score (nSPS) is 16.5. The molecule has 0 aliphatic heterocycles. The number of hydrogen-bond donors (Lipinski definition) is 1. The fraction of sp³-hybridized carbons (Fsp3) is 0.778. The van der Waals surface area contributed by atoms with Crippen molar-refractivity contribution in [2.75, 3.05) is 20.8 Å². The van der Waals surface area contributed by atoms with Gasteiger partial charge in [0.05, 0.1) is 6.61 Å². The van der Waals surface area contributed by atoms with E-state index in [1.807, 2.05) is 0 Å². The summed E-state index contributed by atoms with van der Waals surface area (Å²) in [5, 5.41) is 8.94. The van der Waals surface area contributed by atoms with Crippen LogP contribution in [0.4, 0.5) is 0 Å². The summed E-state index contributed by atoms with van der Waals surface area (Å²) in [5.74, 6) is -0.595. The van der Waals surface area contributed by atoms with E-state index in [-0.39, 0.29) is 6.61 Å². The van der Waals surface area contributed by atoms with Crippen molar-refractivity contribution in [3.63, 3.8) is 0 Å². The Kier molecular flexibility index (Phi) is 6.85. The molecule has 0 aromatic carbocycles. The van der Waals surface area contributed by atoms with E-state index in [0.717, 1.165) is 0 Å². The van der Waals surface area contributed by atoms with E-state index in [2.05, 4.69) is 0 Å². The molecule has 0 saturated carbocycles. The Morgan fingerprint density at radius 3 is 2.27 bits per heavy atom. The van der Waals surface area contributed by atoms with Crippen LogP contribution < -0.4 is 0 Å². The summed E-state index contributed by atoms with van der Waals surface area (Å²) in [7, 11) is 2.70. The lowest BCUT2D eigenvalue weighted by atomic mass is 10.1. The van der Waals surface area contributed by atoms with Gasteiger partial charge in [-0.05, 0) is 0 Å². The molecular weight excluding hydrogens is 204 g/mol. The van der Waals surface area contributed by atoms with Gasteiger partial charge in [0.1, 0.15) is 12.2 Å². The van der Waals surface area contributed by atoms with Gasteiger partial charge in [0.25, 0.3) is 0 Å². The third-order valence-electron chi connectivity index (χ3n) is 1.88. The molecule has 0 rings (SSSR count). The van der Waals surface area contributed by atoms with E-state index < -0.39 is 24.3 Å². The zero-order valence-corrected chi connectivity index (χ0v) is 9.00. The molecule has 0 aromatic heterocycles. The molecule has 6 nitrogen and oxygen atoms in total. The Hall–Kier alpha value is -0.980. The van der Waals surface area contributed by atoms with Crippen LogP contribution in [0.2, 0.25) is 0 Å². The first kappa shape index (κ1) is 14.0. The minimum Gasteiger partial charge on any atom is -0.452 e. The fourth-order valence-electron chi connectivity index (χ4n) is 1.17. The van der Waals surface area contributed by atoms with Gasteiger partial charge in [-0.1, -0.05) is 0 Å². The molecule has 15 heavy (non-hydrogen) atoms. The first-order chi connectivity index (χ1) is 7.10. The summed E-state index contributed by atoms with van der Waals surface area (Å²) >= 11 is 0. The summed E-state index contributed by atoms with van der Waals surface area (Å²) in [6, 6.07) is 0. The molecule has 88 valence electrons. The molecule has 0 heterocycles. The smallest absolute Gasteiger partial charge is 0.303 e. The third-order valence-corrected chi connectivity index (χ3v) is 1.88. The predicted molar refractivity (Wildman–Crippen MR) is 50.3 cm³/mol. The second kappa shape index (κ2) is 7.33. The number of ether oxygens (including phenoxy) is 3. The summed E-state index contributed by atoms with van der Waals surface area (Å²) in [4.78, 5) is 21.4. The van der Waals surface area contributed by atoms with Crippen LogP contribution in [0.3, 0.4) is 0 Å². The molecule has 0 spiro atoms. The van der Waals surface area contributed by atoms with Crippen LogP contribution in [0.1, 0.15) is 6.92 Å². The van der Waals surface area contributed by atoms with Crippen LogP contribution in [-0.4, -0.2) is 56.5 Å². The number of carbonyl (C=O) groups is 2. The largest absolute Gasteiger partial charge is 0.452 e. The molecule has 0 radical (unpaired) electrons. The molecule has 0 aliphatic carbocycles. The lowest BCUT2D eigenvalue weighted by Gasteiger charge is -2.26. The highest BCUT2D eigenvalue weighted by molar-refractivity contribution is 5.70. The number of methoxy groups -OCH3 is 2. The van der Waals surface area contributed by atoms with E-state index in [9.17, 15) is 9.59 Å². The monoisotopic (exact) mass is 220 g/mol. The topological polar surface area (TPSA) is 82.1 Å². The number of hydrogen-bond acceptors (Lipinski definition) is 6. The van der Waals surface area contributed by atoms with Crippen LogP contribution >= 0.6 is 0 Å². The second-order valence-electron chi connectivity index (χ2n) is 2.87. The molecule has 1 N–H and O–H groups in total. The van der Waals surface area contributed by atoms with Crippen LogP contribution in [0, 0.1) is 0 Å². The Morgan fingerprint density at radius 2 is 2.00 bits per heavy atom. The molecular formula is C9H16O6. The molecule has 0 unspecified atom stereocenters. The van der Waals surface area contributed by atoms with Crippen molar-refractivity contribution in [3.8, 4) is 0 Å². The Balaban J connectivity index is 4.57. The molecule has 0 fully saturated rings. The molecule has 0 aromatic rings. The maximum absolute atomic E-state index is 10.7. The SMILES string of the molecule is CO[C@H]([C@H](C=O)OC(C)=O)[C@@H](CO)OC. The van der Waals surface area contributed by atoms with Gasteiger partial charge in [0.15, 0.2) is 12.4 Å². The Bertz CT molecular complexity index is 201. The van der Waals surface area contributed by atoms with Crippen LogP contribution in [0.25, 0.3) is 0 Å². The maximum atomic E-state index is 10.7. The zero-order chi connectivity index (χ0) is 11.8. The predicted octanol–water partition coefficient (Wildman–Crippen LogP) is -0.861. The molecule has 0 aliphatic rings. The van der Waals surface area contributed by atoms with Gasteiger partial charge in [-0.15, -0.1) is 0 Å². The third kappa shape index (κ3) is 4.37. The van der Waals surface area contributed by atoms with Crippen molar-refractivity contribution in [2.45, 2.75) is 25.2 Å². The van der Waals surface area contributed by atoms with Crippen molar-refractivity contribution >= 4 is 12.3 Å². The van der Waals surface area contributed by atoms with Gasteiger partial charge in [-0.3, -0.25) is 9.59 Å². The highest BCUT2D eigenvalue weighted by atomic mass is 16.6. The Labute approximate surface area is 88.1 Å². The highest BCUT2D eigenvalue weighted by Crippen LogP contribution is 2.09. The average Bonchev–Trinajstić information content (AvgIpc) is 2.22. The van der Waals surface area contributed by atoms with Crippen molar-refractivity contribution in [1.29, 1.82) is 0 Å². The minimum absolute atomic E-state index is 0.333. The van der Waals surface area contributed by atoms with Gasteiger partial charge >= 0.3 is 5.97 Å². The van der Waals surface area contributed by atoms with E-state index >= 15 is 0 Å². The van der Waals surface area contributed by atoms with Crippen LogP contribution in [0.5, 0.6) is 0 Å². The van der Waals surface area contributed by atoms with Gasteiger partial charge in [-0.25, -0.2) is 0 Å². The second-order valence-corrected chi connectivity index (χ2v) is 2.87. The summed E-state index contributed by atoms with van der Waals surface area (Å²) in [5.41, 5.74) is 0. The molecule has 3 atom stereocenters. The lowest BCUT2D eigenvalue weighted by molar-refractivity contribution is -0.166. The molecule has 0 amide bonds. The van der Waals surface area contributed by atoms with Gasteiger partial charge < -0.3 is 19.3 Å². The number of rotatable bonds is 7. The lowest BCUT2D eigenvalue weighted by Crippen LogP contribution is -2.45. The van der Waals surface area contributed by atoms with E-state index in [4.69, 9.17) is 19.3 Å². The number of aliphatic hydroxyl groups excluding tert-OH is 1. The first-order valence-corrected chi connectivity index (χ1v) is 4.39. The van der Waals surface area contributed by atoms with E-state index in [0.29, 0.717) is 6.29 Å². The summed E-state index contributed by atoms with van der Waals surface area (Å²) in [6.07, 6.45) is -2.17. The standard InChI is InChI=1S/C9H16O6/c1-6(12)15-8(5-11)9(14-3)7(4-10)13-2/h5,7-10H,4H2,1-3H3/t7-,8+,9+/m1/s1.